The van der Waals surface area contributed by atoms with Crippen LogP contribution in [0.5, 0.6) is 17.2 Å². The summed E-state index contributed by atoms with van der Waals surface area (Å²) in [5, 5.41) is 35.0. The second-order valence-electron chi connectivity index (χ2n) is 7.99. The third-order valence-electron chi connectivity index (χ3n) is 5.89. The Balaban J connectivity index is 1.46. The molecule has 0 aliphatic carbocycles. The highest BCUT2D eigenvalue weighted by Gasteiger charge is 2.17. The number of phenolic OH excluding ortho intramolecular Hbond substituents is 3. The number of rotatable bonds is 3. The van der Waals surface area contributed by atoms with Crippen LogP contribution >= 0.6 is 0 Å². The molecule has 6 aromatic rings. The van der Waals surface area contributed by atoms with Gasteiger partial charge in [-0.1, -0.05) is 60.7 Å². The first kappa shape index (κ1) is 19.8. The molecule has 34 heavy (non-hydrogen) atoms. The lowest BCUT2D eigenvalue weighted by Crippen LogP contribution is -1.86. The molecule has 0 aliphatic heterocycles. The lowest BCUT2D eigenvalue weighted by molar-refractivity contribution is 0.473. The first-order valence-corrected chi connectivity index (χ1v) is 10.7. The Morgan fingerprint density at radius 2 is 1.38 bits per heavy atom. The summed E-state index contributed by atoms with van der Waals surface area (Å²) in [5.74, 6) is 0.308. The molecule has 0 saturated carbocycles. The molecule has 0 amide bonds. The minimum Gasteiger partial charge on any atom is -0.507 e. The van der Waals surface area contributed by atoms with Gasteiger partial charge in [0.1, 0.15) is 28.5 Å². The zero-order chi connectivity index (χ0) is 23.2. The summed E-state index contributed by atoms with van der Waals surface area (Å²) in [5.41, 5.74) is 2.17. The van der Waals surface area contributed by atoms with E-state index in [0.717, 1.165) is 21.5 Å². The van der Waals surface area contributed by atoms with E-state index in [1.165, 1.54) is 12.3 Å². The van der Waals surface area contributed by atoms with Gasteiger partial charge in [0.05, 0.1) is 5.56 Å². The summed E-state index contributed by atoms with van der Waals surface area (Å²) in [4.78, 5) is 8.98. The smallest absolute Gasteiger partial charge is 0.231 e. The van der Waals surface area contributed by atoms with Crippen molar-refractivity contribution in [2.45, 2.75) is 0 Å². The minimum atomic E-state index is -0.0895. The van der Waals surface area contributed by atoms with Gasteiger partial charge in [0.2, 0.25) is 5.89 Å². The lowest BCUT2D eigenvalue weighted by atomic mass is 10.0. The van der Waals surface area contributed by atoms with Crippen LogP contribution in [0.2, 0.25) is 0 Å². The molecule has 1 aromatic heterocycles. The van der Waals surface area contributed by atoms with Crippen LogP contribution in [0.4, 0.5) is 5.69 Å². The van der Waals surface area contributed by atoms with Crippen molar-refractivity contribution >= 4 is 44.5 Å². The summed E-state index contributed by atoms with van der Waals surface area (Å²) >= 11 is 0. The summed E-state index contributed by atoms with van der Waals surface area (Å²) in [7, 11) is 0. The number of hydrogen-bond acceptors (Lipinski definition) is 6. The van der Waals surface area contributed by atoms with Crippen LogP contribution in [0, 0.1) is 0 Å². The molecular weight excluding hydrogens is 428 g/mol. The van der Waals surface area contributed by atoms with Crippen molar-refractivity contribution in [2.24, 2.45) is 4.99 Å². The molecular formula is C28H18N2O4. The van der Waals surface area contributed by atoms with Crippen LogP contribution in [0.25, 0.3) is 44.1 Å². The van der Waals surface area contributed by atoms with Crippen molar-refractivity contribution in [3.05, 3.63) is 90.5 Å². The molecule has 0 aliphatic rings. The van der Waals surface area contributed by atoms with E-state index < -0.39 is 0 Å². The molecule has 164 valence electrons. The van der Waals surface area contributed by atoms with Gasteiger partial charge in [-0.25, -0.2) is 4.98 Å². The van der Waals surface area contributed by atoms with Gasteiger partial charge in [0.15, 0.2) is 5.58 Å². The Hall–Kier alpha value is -4.84. The molecule has 6 nitrogen and oxygen atoms in total. The van der Waals surface area contributed by atoms with E-state index in [1.54, 1.807) is 18.2 Å². The molecule has 6 heteroatoms. The molecule has 0 radical (unpaired) electrons. The summed E-state index contributed by atoms with van der Waals surface area (Å²) < 4.78 is 5.90. The maximum absolute atomic E-state index is 10.6. The van der Waals surface area contributed by atoms with E-state index in [1.807, 2.05) is 60.7 Å². The predicted molar refractivity (Wildman–Crippen MR) is 133 cm³/mol. The molecule has 0 bridgehead atoms. The fourth-order valence-electron chi connectivity index (χ4n) is 4.20. The first-order chi connectivity index (χ1) is 16.6. The van der Waals surface area contributed by atoms with Gasteiger partial charge >= 0.3 is 0 Å². The number of hydrogen-bond donors (Lipinski definition) is 3. The number of aliphatic imine (C=N–C) groups is 1. The lowest BCUT2D eigenvalue weighted by Gasteiger charge is -2.05. The van der Waals surface area contributed by atoms with E-state index in [2.05, 4.69) is 9.98 Å². The third kappa shape index (κ3) is 3.20. The van der Waals surface area contributed by atoms with E-state index in [9.17, 15) is 15.3 Å². The fraction of sp³-hybridized carbons (Fsp3) is 0. The normalized spacial score (nSPS) is 11.8. The average molecular weight is 446 g/mol. The number of phenols is 3. The zero-order valence-corrected chi connectivity index (χ0v) is 17.8. The summed E-state index contributed by atoms with van der Waals surface area (Å²) in [6, 6.07) is 25.3. The van der Waals surface area contributed by atoms with Crippen LogP contribution in [0.3, 0.4) is 0 Å². The number of oxazole rings is 1. The number of aromatic hydroxyl groups is 3. The molecule has 0 atom stereocenters. The molecule has 3 N–H and O–H groups in total. The quantitative estimate of drug-likeness (QED) is 0.264. The van der Waals surface area contributed by atoms with Crippen LogP contribution in [-0.4, -0.2) is 26.5 Å². The Morgan fingerprint density at radius 1 is 0.706 bits per heavy atom. The Kier molecular flexibility index (Phi) is 4.45. The van der Waals surface area contributed by atoms with E-state index >= 15 is 0 Å². The van der Waals surface area contributed by atoms with E-state index in [0.29, 0.717) is 22.2 Å². The highest BCUT2D eigenvalue weighted by molar-refractivity contribution is 6.03. The largest absolute Gasteiger partial charge is 0.507 e. The summed E-state index contributed by atoms with van der Waals surface area (Å²) in [6.45, 7) is 0. The van der Waals surface area contributed by atoms with Gasteiger partial charge in [0, 0.05) is 17.8 Å². The van der Waals surface area contributed by atoms with Gasteiger partial charge in [0.25, 0.3) is 0 Å². The molecule has 0 fully saturated rings. The van der Waals surface area contributed by atoms with Gasteiger partial charge in [-0.15, -0.1) is 0 Å². The van der Waals surface area contributed by atoms with Gasteiger partial charge in [-0.3, -0.25) is 4.99 Å². The molecule has 0 saturated heterocycles. The van der Waals surface area contributed by atoms with Crippen molar-refractivity contribution in [1.82, 2.24) is 4.98 Å². The molecule has 6 rings (SSSR count). The number of nitrogens with zero attached hydrogens (tertiary/aromatic N) is 2. The van der Waals surface area contributed by atoms with Gasteiger partial charge < -0.3 is 19.7 Å². The Morgan fingerprint density at radius 3 is 2.18 bits per heavy atom. The fourth-order valence-corrected chi connectivity index (χ4v) is 4.20. The Labute approximate surface area is 193 Å². The standard InChI is InChI=1S/C28H18N2O4/c31-23-11-9-16-5-1-3-7-18(16)20(23)15-29-21-13-22-26(14-25(21)33)34-28(30-22)27-19-8-4-2-6-17(19)10-12-24(27)32/h1-15,31-33H. The SMILES string of the molecule is Oc1cc2oc(-c3c(O)ccc4ccccc34)nc2cc1N=Cc1c(O)ccc2ccccc12. The predicted octanol–water partition coefficient (Wildman–Crippen LogP) is 6.67. The molecule has 1 heterocycles. The van der Waals surface area contributed by atoms with Crippen LogP contribution < -0.4 is 0 Å². The topological polar surface area (TPSA) is 99.1 Å². The van der Waals surface area contributed by atoms with Crippen molar-refractivity contribution in [3.63, 3.8) is 0 Å². The van der Waals surface area contributed by atoms with E-state index in [4.69, 9.17) is 4.42 Å². The third-order valence-corrected chi connectivity index (χ3v) is 5.89. The first-order valence-electron chi connectivity index (χ1n) is 10.7. The maximum atomic E-state index is 10.6. The zero-order valence-electron chi connectivity index (χ0n) is 17.8. The number of benzene rings is 5. The van der Waals surface area contributed by atoms with Crippen LogP contribution in [0.15, 0.2) is 94.3 Å². The van der Waals surface area contributed by atoms with Crippen LogP contribution in [-0.2, 0) is 0 Å². The van der Waals surface area contributed by atoms with Crippen LogP contribution in [0.1, 0.15) is 5.56 Å². The number of aromatic nitrogens is 1. The van der Waals surface area contributed by atoms with Gasteiger partial charge in [-0.05, 0) is 39.7 Å². The molecule has 5 aromatic carbocycles. The highest BCUT2D eigenvalue weighted by atomic mass is 16.4. The van der Waals surface area contributed by atoms with Crippen molar-refractivity contribution in [3.8, 4) is 28.7 Å². The maximum Gasteiger partial charge on any atom is 0.231 e. The van der Waals surface area contributed by atoms with E-state index in [-0.39, 0.29) is 28.8 Å². The summed E-state index contributed by atoms with van der Waals surface area (Å²) in [6.07, 6.45) is 1.52. The second-order valence-corrected chi connectivity index (χ2v) is 7.99. The van der Waals surface area contributed by atoms with Gasteiger partial charge in [-0.2, -0.15) is 0 Å². The van der Waals surface area contributed by atoms with Crippen molar-refractivity contribution in [2.75, 3.05) is 0 Å². The highest BCUT2D eigenvalue weighted by Crippen LogP contribution is 2.39. The molecule has 0 spiro atoms. The Bertz CT molecular complexity index is 1750. The minimum absolute atomic E-state index is 0.0548. The number of fused-ring (bicyclic) bond motifs is 3. The second kappa shape index (κ2) is 7.64. The van der Waals surface area contributed by atoms with Crippen molar-refractivity contribution in [1.29, 1.82) is 0 Å². The monoisotopic (exact) mass is 446 g/mol. The van der Waals surface area contributed by atoms with Crippen molar-refractivity contribution < 1.29 is 19.7 Å². The average Bonchev–Trinajstić information content (AvgIpc) is 3.25. The molecule has 0 unspecified atom stereocenters.